The van der Waals surface area contributed by atoms with Gasteiger partial charge in [0.1, 0.15) is 0 Å². The first-order valence-corrected chi connectivity index (χ1v) is 6.53. The van der Waals surface area contributed by atoms with Crippen molar-refractivity contribution in [2.75, 3.05) is 46.4 Å². The number of carbonyl (C=O) groups is 1. The molecule has 2 saturated heterocycles. The van der Waals surface area contributed by atoms with Crippen molar-refractivity contribution < 1.29 is 9.53 Å². The molecule has 2 unspecified atom stereocenters. The number of likely N-dealkylation sites (N-methyl/N-ethyl adjacent to an activating group) is 2. The normalized spacial score (nSPS) is 26.9. The highest BCUT2D eigenvalue weighted by molar-refractivity contribution is 5.76. The van der Waals surface area contributed by atoms with Crippen LogP contribution in [0.1, 0.15) is 13.3 Å². The van der Waals surface area contributed by atoms with Crippen molar-refractivity contribution in [2.24, 2.45) is 5.92 Å². The molecule has 0 aliphatic carbocycles. The molecule has 17 heavy (non-hydrogen) atoms. The maximum Gasteiger partial charge on any atom is 0.319 e. The van der Waals surface area contributed by atoms with Gasteiger partial charge in [-0.2, -0.15) is 0 Å². The van der Waals surface area contributed by atoms with Gasteiger partial charge in [-0.25, -0.2) is 4.79 Å². The van der Waals surface area contributed by atoms with Gasteiger partial charge in [0.25, 0.3) is 0 Å². The molecule has 0 saturated carbocycles. The molecule has 2 rings (SSSR count). The third kappa shape index (κ3) is 2.90. The second-order valence-corrected chi connectivity index (χ2v) is 4.94. The number of urea groups is 1. The molecule has 2 fully saturated rings. The quantitative estimate of drug-likeness (QED) is 0.756. The van der Waals surface area contributed by atoms with Gasteiger partial charge in [-0.05, 0) is 13.0 Å². The van der Waals surface area contributed by atoms with Crippen molar-refractivity contribution in [2.45, 2.75) is 19.4 Å². The van der Waals surface area contributed by atoms with E-state index in [9.17, 15) is 4.79 Å². The molecule has 0 radical (unpaired) electrons. The zero-order valence-electron chi connectivity index (χ0n) is 10.8. The molecule has 0 aromatic heterocycles. The van der Waals surface area contributed by atoms with Gasteiger partial charge in [-0.1, -0.05) is 6.92 Å². The Morgan fingerprint density at radius 2 is 2.35 bits per heavy atom. The average Bonchev–Trinajstić information content (AvgIpc) is 2.93. The maximum absolute atomic E-state index is 11.9. The summed E-state index contributed by atoms with van der Waals surface area (Å²) in [7, 11) is 1.86. The molecular formula is C12H23N3O2. The Morgan fingerprint density at radius 1 is 1.53 bits per heavy atom. The van der Waals surface area contributed by atoms with Gasteiger partial charge in [0.2, 0.25) is 0 Å². The minimum atomic E-state index is 0.159. The molecule has 0 bridgehead atoms. The number of carbonyl (C=O) groups excluding carboxylic acids is 1. The van der Waals surface area contributed by atoms with E-state index < -0.39 is 0 Å². The zero-order chi connectivity index (χ0) is 12.3. The number of hydrogen-bond donors (Lipinski definition) is 1. The lowest BCUT2D eigenvalue weighted by Gasteiger charge is -2.28. The predicted octanol–water partition coefficient (Wildman–Crippen LogP) is 0.368. The van der Waals surface area contributed by atoms with Crippen LogP contribution >= 0.6 is 0 Å². The van der Waals surface area contributed by atoms with Crippen LogP contribution in [0, 0.1) is 5.92 Å². The summed E-state index contributed by atoms with van der Waals surface area (Å²) in [6, 6.07) is 0.532. The fourth-order valence-electron chi connectivity index (χ4n) is 2.62. The van der Waals surface area contributed by atoms with Crippen LogP contribution in [0.5, 0.6) is 0 Å². The summed E-state index contributed by atoms with van der Waals surface area (Å²) in [5, 5.41) is 3.49. The maximum atomic E-state index is 11.9. The minimum Gasteiger partial charge on any atom is -0.381 e. The van der Waals surface area contributed by atoms with Gasteiger partial charge >= 0.3 is 6.03 Å². The van der Waals surface area contributed by atoms with Gasteiger partial charge in [0.15, 0.2) is 0 Å². The second-order valence-electron chi connectivity index (χ2n) is 4.94. The lowest BCUT2D eigenvalue weighted by molar-refractivity contribution is 0.164. The fourth-order valence-corrected chi connectivity index (χ4v) is 2.62. The SMILES string of the molecule is CCNC(CN1CCN(C)C1=O)C1CCOC1. The molecule has 2 amide bonds. The van der Waals surface area contributed by atoms with E-state index in [2.05, 4.69) is 12.2 Å². The number of nitrogens with one attached hydrogen (secondary N) is 1. The van der Waals surface area contributed by atoms with Crippen LogP contribution in [-0.4, -0.2) is 68.3 Å². The number of amides is 2. The topological polar surface area (TPSA) is 44.8 Å². The molecule has 2 aliphatic heterocycles. The van der Waals surface area contributed by atoms with E-state index in [-0.39, 0.29) is 6.03 Å². The van der Waals surface area contributed by atoms with Gasteiger partial charge in [-0.3, -0.25) is 0 Å². The minimum absolute atomic E-state index is 0.159. The molecule has 2 aliphatic rings. The standard InChI is InChI=1S/C12H23N3O2/c1-3-13-11(10-4-7-17-9-10)8-15-6-5-14(2)12(15)16/h10-11,13H,3-9H2,1-2H3. The van der Waals surface area contributed by atoms with Crippen LogP contribution in [0.4, 0.5) is 4.79 Å². The van der Waals surface area contributed by atoms with Crippen molar-refractivity contribution in [1.82, 2.24) is 15.1 Å². The summed E-state index contributed by atoms with van der Waals surface area (Å²) < 4.78 is 5.44. The number of hydrogen-bond acceptors (Lipinski definition) is 3. The Bertz CT molecular complexity index is 266. The van der Waals surface area contributed by atoms with E-state index in [1.807, 2.05) is 11.9 Å². The van der Waals surface area contributed by atoms with Crippen LogP contribution in [-0.2, 0) is 4.74 Å². The van der Waals surface area contributed by atoms with Gasteiger partial charge in [-0.15, -0.1) is 0 Å². The summed E-state index contributed by atoms with van der Waals surface area (Å²) >= 11 is 0. The molecule has 2 atom stereocenters. The molecule has 2 heterocycles. The summed E-state index contributed by atoms with van der Waals surface area (Å²) in [4.78, 5) is 15.6. The van der Waals surface area contributed by atoms with Crippen molar-refractivity contribution >= 4 is 6.03 Å². The summed E-state index contributed by atoms with van der Waals surface area (Å²) in [5.41, 5.74) is 0. The van der Waals surface area contributed by atoms with Crippen molar-refractivity contribution in [1.29, 1.82) is 0 Å². The molecule has 1 N–H and O–H groups in total. The Morgan fingerprint density at radius 3 is 2.88 bits per heavy atom. The summed E-state index contributed by atoms with van der Waals surface area (Å²) in [6.45, 7) is 7.25. The van der Waals surface area contributed by atoms with E-state index in [0.717, 1.165) is 45.8 Å². The van der Waals surface area contributed by atoms with E-state index in [1.165, 1.54) is 0 Å². The van der Waals surface area contributed by atoms with Crippen molar-refractivity contribution in [3.8, 4) is 0 Å². The summed E-state index contributed by atoms with van der Waals surface area (Å²) in [6.07, 6.45) is 1.11. The second kappa shape index (κ2) is 5.69. The Labute approximate surface area is 103 Å². The smallest absolute Gasteiger partial charge is 0.319 e. The molecule has 0 aromatic carbocycles. The highest BCUT2D eigenvalue weighted by atomic mass is 16.5. The average molecular weight is 241 g/mol. The number of rotatable bonds is 5. The highest BCUT2D eigenvalue weighted by Gasteiger charge is 2.31. The third-order valence-electron chi connectivity index (χ3n) is 3.72. The van der Waals surface area contributed by atoms with Crippen molar-refractivity contribution in [3.63, 3.8) is 0 Å². The third-order valence-corrected chi connectivity index (χ3v) is 3.72. The lowest BCUT2D eigenvalue weighted by atomic mass is 9.98. The van der Waals surface area contributed by atoms with Crippen LogP contribution in [0.15, 0.2) is 0 Å². The Kier molecular flexibility index (Phi) is 4.23. The van der Waals surface area contributed by atoms with E-state index >= 15 is 0 Å². The van der Waals surface area contributed by atoms with Crippen LogP contribution < -0.4 is 5.32 Å². The predicted molar refractivity (Wildman–Crippen MR) is 66.0 cm³/mol. The van der Waals surface area contributed by atoms with E-state index in [4.69, 9.17) is 4.74 Å². The number of nitrogens with zero attached hydrogens (tertiary/aromatic N) is 2. The number of ether oxygens (including phenoxy) is 1. The highest BCUT2D eigenvalue weighted by Crippen LogP contribution is 2.19. The monoisotopic (exact) mass is 241 g/mol. The van der Waals surface area contributed by atoms with Crippen molar-refractivity contribution in [3.05, 3.63) is 0 Å². The van der Waals surface area contributed by atoms with Gasteiger partial charge in [0, 0.05) is 45.2 Å². The van der Waals surface area contributed by atoms with Gasteiger partial charge < -0.3 is 19.9 Å². The van der Waals surface area contributed by atoms with Crippen LogP contribution in [0.25, 0.3) is 0 Å². The largest absolute Gasteiger partial charge is 0.381 e. The van der Waals surface area contributed by atoms with Crippen LogP contribution in [0.2, 0.25) is 0 Å². The molecule has 5 heteroatoms. The first-order chi connectivity index (χ1) is 8.22. The van der Waals surface area contributed by atoms with Gasteiger partial charge in [0.05, 0.1) is 6.61 Å². The Balaban J connectivity index is 1.90. The molecule has 0 aromatic rings. The fraction of sp³-hybridized carbons (Fsp3) is 0.917. The lowest BCUT2D eigenvalue weighted by Crippen LogP contribution is -2.46. The van der Waals surface area contributed by atoms with E-state index in [1.54, 1.807) is 4.90 Å². The zero-order valence-corrected chi connectivity index (χ0v) is 10.8. The Hall–Kier alpha value is -0.810. The van der Waals surface area contributed by atoms with Crippen LogP contribution in [0.3, 0.4) is 0 Å². The molecule has 0 spiro atoms. The van der Waals surface area contributed by atoms with E-state index in [0.29, 0.717) is 12.0 Å². The first-order valence-electron chi connectivity index (χ1n) is 6.53. The molecule has 5 nitrogen and oxygen atoms in total. The summed E-state index contributed by atoms with van der Waals surface area (Å²) in [5.74, 6) is 0.550. The molecular weight excluding hydrogens is 218 g/mol. The first kappa shape index (κ1) is 12.6. The molecule has 98 valence electrons.